The van der Waals surface area contributed by atoms with Crippen molar-refractivity contribution < 1.29 is 19.3 Å². The highest BCUT2D eigenvalue weighted by atomic mass is 79.9. The van der Waals surface area contributed by atoms with Gasteiger partial charge in [-0.25, -0.2) is 4.79 Å². The molecular formula is C15H12Br2N2O5. The van der Waals surface area contributed by atoms with Crippen molar-refractivity contribution in [3.05, 3.63) is 51.1 Å². The first-order chi connectivity index (χ1) is 11.2. The number of benzene rings is 1. The van der Waals surface area contributed by atoms with Crippen molar-refractivity contribution in [2.75, 3.05) is 0 Å². The molecule has 0 radical (unpaired) electrons. The third kappa shape index (κ3) is 3.62. The van der Waals surface area contributed by atoms with E-state index in [2.05, 4.69) is 37.0 Å². The Kier molecular flexibility index (Phi) is 5.66. The zero-order chi connectivity index (χ0) is 18.0. The molecule has 126 valence electrons. The van der Waals surface area contributed by atoms with Crippen LogP contribution in [0.3, 0.4) is 0 Å². The number of allylic oxidation sites excluding steroid dienone is 2. The van der Waals surface area contributed by atoms with E-state index >= 15 is 0 Å². The molecule has 0 heterocycles. The first kappa shape index (κ1) is 18.5. The van der Waals surface area contributed by atoms with Gasteiger partial charge in [0.25, 0.3) is 5.69 Å². The van der Waals surface area contributed by atoms with Crippen molar-refractivity contribution >= 4 is 55.0 Å². The summed E-state index contributed by atoms with van der Waals surface area (Å²) in [5.74, 6) is -0.805. The van der Waals surface area contributed by atoms with Gasteiger partial charge in [-0.15, -0.1) is 0 Å². The van der Waals surface area contributed by atoms with Gasteiger partial charge in [0.1, 0.15) is 0 Å². The molecular weight excluding hydrogens is 448 g/mol. The zero-order valence-electron chi connectivity index (χ0n) is 12.7. The fourth-order valence-electron chi connectivity index (χ4n) is 2.04. The number of halogens is 2. The van der Waals surface area contributed by atoms with Crippen molar-refractivity contribution in [2.24, 2.45) is 5.16 Å². The average Bonchev–Trinajstić information content (AvgIpc) is 2.58. The van der Waals surface area contributed by atoms with E-state index < -0.39 is 20.5 Å². The number of Topliss-reactive ketones (excluding diaryl/α,β-unsaturated/α-hetero) is 1. The number of carbonyl (C=O) groups excluding carboxylic acids is 2. The molecule has 0 fully saturated rings. The smallest absolute Gasteiger partial charge is 0.312 e. The monoisotopic (exact) mass is 458 g/mol. The Bertz CT molecular complexity index is 771. The fraction of sp³-hybridized carbons (Fsp3) is 0.267. The maximum absolute atomic E-state index is 12.0. The van der Waals surface area contributed by atoms with Crippen molar-refractivity contribution in [1.29, 1.82) is 0 Å². The van der Waals surface area contributed by atoms with Crippen molar-refractivity contribution in [3.8, 4) is 0 Å². The Morgan fingerprint density at radius 2 is 1.75 bits per heavy atom. The number of rotatable bonds is 3. The number of oxime groups is 1. The predicted octanol–water partition coefficient (Wildman–Crippen LogP) is 3.55. The second-order valence-electron chi connectivity index (χ2n) is 5.08. The van der Waals surface area contributed by atoms with Gasteiger partial charge in [-0.05, 0) is 37.1 Å². The second-order valence-corrected chi connectivity index (χ2v) is 7.05. The molecule has 1 aromatic carbocycles. The van der Waals surface area contributed by atoms with Crippen LogP contribution in [0.25, 0.3) is 0 Å². The first-order valence-corrected chi connectivity index (χ1v) is 8.61. The minimum absolute atomic E-state index is 0.0602. The number of non-ortho nitro benzene ring substituents is 1. The maximum atomic E-state index is 12.0. The summed E-state index contributed by atoms with van der Waals surface area (Å²) in [6, 6.07) is 5.00. The molecule has 0 bridgehead atoms. The van der Waals surface area contributed by atoms with E-state index in [0.717, 1.165) is 0 Å². The van der Waals surface area contributed by atoms with E-state index in [-0.39, 0.29) is 17.0 Å². The van der Waals surface area contributed by atoms with Gasteiger partial charge in [0.05, 0.1) is 25.9 Å². The van der Waals surface area contributed by atoms with Crippen LogP contribution >= 0.6 is 31.9 Å². The summed E-state index contributed by atoms with van der Waals surface area (Å²) < 4.78 is 0. The van der Waals surface area contributed by atoms with Gasteiger partial charge in [0.15, 0.2) is 5.78 Å². The number of carbonyl (C=O) groups is 2. The molecule has 2 atom stereocenters. The average molecular weight is 460 g/mol. The van der Waals surface area contributed by atoms with Crippen LogP contribution in [-0.4, -0.2) is 32.0 Å². The fourth-order valence-corrected chi connectivity index (χ4v) is 3.30. The Balaban J connectivity index is 2.21. The van der Waals surface area contributed by atoms with Crippen molar-refractivity contribution in [2.45, 2.75) is 23.5 Å². The van der Waals surface area contributed by atoms with Gasteiger partial charge in [-0.1, -0.05) is 37.0 Å². The maximum Gasteiger partial charge on any atom is 0.365 e. The molecule has 24 heavy (non-hydrogen) atoms. The number of ketones is 1. The highest BCUT2D eigenvalue weighted by Crippen LogP contribution is 2.30. The van der Waals surface area contributed by atoms with E-state index in [1.54, 1.807) is 13.8 Å². The lowest BCUT2D eigenvalue weighted by Crippen LogP contribution is -2.38. The number of hydrogen-bond donors (Lipinski definition) is 0. The summed E-state index contributed by atoms with van der Waals surface area (Å²) in [6.07, 6.45) is 0. The standard InChI is InChI=1S/C15H12Br2N2O5/c1-7-8(2)14(20)12(17)11(16)13(7)18-24-15(21)9-3-5-10(6-4-9)19(22)23/h3-6,11-12H,1-2H3/b18-13-. The highest BCUT2D eigenvalue weighted by Gasteiger charge is 2.36. The van der Waals surface area contributed by atoms with E-state index in [0.29, 0.717) is 16.9 Å². The van der Waals surface area contributed by atoms with Crippen LogP contribution in [0.1, 0.15) is 24.2 Å². The van der Waals surface area contributed by atoms with Gasteiger partial charge in [0.2, 0.25) is 0 Å². The summed E-state index contributed by atoms with van der Waals surface area (Å²) in [6.45, 7) is 3.40. The molecule has 2 rings (SSSR count). The molecule has 7 nitrogen and oxygen atoms in total. The van der Waals surface area contributed by atoms with Gasteiger partial charge >= 0.3 is 5.97 Å². The normalized spacial score (nSPS) is 22.7. The summed E-state index contributed by atoms with van der Waals surface area (Å²) in [4.78, 5) is 38.0. The Morgan fingerprint density at radius 3 is 2.29 bits per heavy atom. The van der Waals surface area contributed by atoms with E-state index in [4.69, 9.17) is 4.84 Å². The number of nitrogens with zero attached hydrogens (tertiary/aromatic N) is 2. The molecule has 0 saturated heterocycles. The highest BCUT2D eigenvalue weighted by molar-refractivity contribution is 9.12. The van der Waals surface area contributed by atoms with Crippen LogP contribution in [0.5, 0.6) is 0 Å². The number of nitro groups is 1. The number of nitro benzene ring substituents is 1. The van der Waals surface area contributed by atoms with E-state index in [1.807, 2.05) is 0 Å². The molecule has 1 aromatic rings. The third-order valence-corrected chi connectivity index (χ3v) is 6.24. The Hall–Kier alpha value is -1.87. The summed E-state index contributed by atoms with van der Waals surface area (Å²) in [5, 5.41) is 14.5. The lowest BCUT2D eigenvalue weighted by molar-refractivity contribution is -0.384. The van der Waals surface area contributed by atoms with Crippen LogP contribution in [-0.2, 0) is 9.63 Å². The largest absolute Gasteiger partial charge is 0.365 e. The lowest BCUT2D eigenvalue weighted by atomic mass is 9.91. The summed E-state index contributed by atoms with van der Waals surface area (Å²) >= 11 is 6.65. The van der Waals surface area contributed by atoms with E-state index in [1.165, 1.54) is 24.3 Å². The minimum Gasteiger partial charge on any atom is -0.312 e. The van der Waals surface area contributed by atoms with Gasteiger partial charge in [-0.2, -0.15) is 0 Å². The lowest BCUT2D eigenvalue weighted by Gasteiger charge is -2.25. The molecule has 0 aromatic heterocycles. The quantitative estimate of drug-likeness (QED) is 0.298. The Morgan fingerprint density at radius 1 is 1.17 bits per heavy atom. The van der Waals surface area contributed by atoms with Crippen LogP contribution in [0.2, 0.25) is 0 Å². The SMILES string of the molecule is CC1=C(C)/C(=N/OC(=O)c2ccc([N+](=O)[O-])cc2)C(Br)C(Br)C1=O. The van der Waals surface area contributed by atoms with Crippen LogP contribution in [0, 0.1) is 10.1 Å². The molecule has 0 aliphatic heterocycles. The van der Waals surface area contributed by atoms with Gasteiger partial charge in [0, 0.05) is 12.1 Å². The molecule has 1 aliphatic rings. The molecule has 0 saturated carbocycles. The molecule has 0 spiro atoms. The third-order valence-electron chi connectivity index (χ3n) is 3.63. The van der Waals surface area contributed by atoms with Crippen LogP contribution < -0.4 is 0 Å². The van der Waals surface area contributed by atoms with Gasteiger partial charge < -0.3 is 4.84 Å². The first-order valence-electron chi connectivity index (χ1n) is 6.78. The molecule has 2 unspecified atom stereocenters. The van der Waals surface area contributed by atoms with E-state index in [9.17, 15) is 19.7 Å². The Labute approximate surface area is 154 Å². The molecule has 0 N–H and O–H groups in total. The molecule has 0 amide bonds. The predicted molar refractivity (Wildman–Crippen MR) is 94.8 cm³/mol. The number of alkyl halides is 2. The van der Waals surface area contributed by atoms with Crippen molar-refractivity contribution in [3.63, 3.8) is 0 Å². The van der Waals surface area contributed by atoms with Crippen LogP contribution in [0.4, 0.5) is 5.69 Å². The topological polar surface area (TPSA) is 98.9 Å². The van der Waals surface area contributed by atoms with Crippen LogP contribution in [0.15, 0.2) is 40.6 Å². The second kappa shape index (κ2) is 7.35. The van der Waals surface area contributed by atoms with Gasteiger partial charge in [-0.3, -0.25) is 14.9 Å². The number of hydrogen-bond acceptors (Lipinski definition) is 6. The minimum atomic E-state index is -0.745. The summed E-state index contributed by atoms with van der Waals surface area (Å²) in [5.41, 5.74) is 1.62. The zero-order valence-corrected chi connectivity index (χ0v) is 15.8. The molecule has 9 heteroatoms. The summed E-state index contributed by atoms with van der Waals surface area (Å²) in [7, 11) is 0. The van der Waals surface area contributed by atoms with Crippen molar-refractivity contribution in [1.82, 2.24) is 0 Å². The molecule has 1 aliphatic carbocycles.